The maximum Gasteiger partial charge on any atom is 0.0300 e. The van der Waals surface area contributed by atoms with E-state index in [1.165, 1.54) is 29.5 Å². The van der Waals surface area contributed by atoms with Crippen molar-refractivity contribution in [2.24, 2.45) is 0 Å². The van der Waals surface area contributed by atoms with Crippen molar-refractivity contribution in [2.75, 3.05) is 6.54 Å². The molecule has 20 heavy (non-hydrogen) atoms. The Bertz CT molecular complexity index is 544. The lowest BCUT2D eigenvalue weighted by Gasteiger charge is -2.36. The number of nitrogens with one attached hydrogen (secondary N) is 1. The smallest absolute Gasteiger partial charge is 0.0300 e. The van der Waals surface area contributed by atoms with E-state index < -0.39 is 0 Å². The van der Waals surface area contributed by atoms with Gasteiger partial charge < -0.3 is 5.32 Å². The summed E-state index contributed by atoms with van der Waals surface area (Å²) in [6, 6.07) is 13.8. The summed E-state index contributed by atoms with van der Waals surface area (Å²) in [4.78, 5) is 4.15. The molecule has 1 fully saturated rings. The molecular weight excluding hydrogens is 244 g/mol. The molecule has 0 bridgehead atoms. The first kappa shape index (κ1) is 13.3. The summed E-state index contributed by atoms with van der Waals surface area (Å²) >= 11 is 0. The summed E-state index contributed by atoms with van der Waals surface area (Å²) < 4.78 is 0. The van der Waals surface area contributed by atoms with Crippen LogP contribution in [-0.4, -0.2) is 17.6 Å². The summed E-state index contributed by atoms with van der Waals surface area (Å²) in [6.07, 6.45) is 7.40. The minimum absolute atomic E-state index is 0.692. The molecule has 1 heterocycles. The van der Waals surface area contributed by atoms with Crippen molar-refractivity contribution in [1.82, 2.24) is 10.3 Å². The van der Waals surface area contributed by atoms with Gasteiger partial charge in [0, 0.05) is 18.4 Å². The fourth-order valence-corrected chi connectivity index (χ4v) is 2.95. The highest BCUT2D eigenvalue weighted by Gasteiger charge is 2.29. The number of aryl methyl sites for hydroxylation is 1. The van der Waals surface area contributed by atoms with Gasteiger partial charge in [-0.15, -0.1) is 0 Å². The quantitative estimate of drug-likeness (QED) is 0.896. The Kier molecular flexibility index (Phi) is 4.12. The van der Waals surface area contributed by atoms with Gasteiger partial charge in [0.2, 0.25) is 0 Å². The van der Waals surface area contributed by atoms with Gasteiger partial charge in [-0.1, -0.05) is 35.9 Å². The van der Waals surface area contributed by atoms with E-state index in [-0.39, 0.29) is 0 Å². The molecule has 0 unspecified atom stereocenters. The second-order valence-corrected chi connectivity index (χ2v) is 5.84. The second kappa shape index (κ2) is 6.19. The van der Waals surface area contributed by atoms with E-state index in [0.29, 0.717) is 6.04 Å². The molecule has 0 saturated heterocycles. The van der Waals surface area contributed by atoms with Gasteiger partial charge in [-0.25, -0.2) is 0 Å². The molecule has 0 amide bonds. The monoisotopic (exact) mass is 266 g/mol. The molecule has 104 valence electrons. The molecule has 0 aliphatic heterocycles. The van der Waals surface area contributed by atoms with Gasteiger partial charge in [0.05, 0.1) is 0 Å². The first-order valence-electron chi connectivity index (χ1n) is 7.50. The van der Waals surface area contributed by atoms with E-state index in [2.05, 4.69) is 47.6 Å². The van der Waals surface area contributed by atoms with Crippen LogP contribution in [0.25, 0.3) is 0 Å². The normalized spacial score (nSPS) is 21.4. The van der Waals surface area contributed by atoms with E-state index in [0.717, 1.165) is 18.9 Å². The largest absolute Gasteiger partial charge is 0.314 e. The summed E-state index contributed by atoms with van der Waals surface area (Å²) in [5.41, 5.74) is 4.19. The number of pyridine rings is 1. The van der Waals surface area contributed by atoms with Crippen LogP contribution in [0.1, 0.15) is 35.4 Å². The van der Waals surface area contributed by atoms with Crippen molar-refractivity contribution in [3.63, 3.8) is 0 Å². The van der Waals surface area contributed by atoms with Crippen LogP contribution in [0.3, 0.4) is 0 Å². The lowest BCUT2D eigenvalue weighted by atomic mass is 9.75. The Labute approximate surface area is 121 Å². The van der Waals surface area contributed by atoms with E-state index in [9.17, 15) is 0 Å². The molecule has 1 aromatic heterocycles. The maximum atomic E-state index is 4.15. The van der Waals surface area contributed by atoms with Gasteiger partial charge in [0.15, 0.2) is 0 Å². The second-order valence-electron chi connectivity index (χ2n) is 5.84. The summed E-state index contributed by atoms with van der Waals surface area (Å²) in [6.45, 7) is 3.22. The summed E-state index contributed by atoms with van der Waals surface area (Å²) in [5.74, 6) is 0.755. The van der Waals surface area contributed by atoms with Crippen LogP contribution in [0.2, 0.25) is 0 Å². The zero-order valence-electron chi connectivity index (χ0n) is 12.0. The zero-order chi connectivity index (χ0) is 13.8. The summed E-state index contributed by atoms with van der Waals surface area (Å²) in [5, 5.41) is 3.65. The molecule has 1 aliphatic carbocycles. The molecule has 1 saturated carbocycles. The number of hydrogen-bond acceptors (Lipinski definition) is 2. The van der Waals surface area contributed by atoms with Crippen LogP contribution in [0.15, 0.2) is 48.8 Å². The number of rotatable bonds is 5. The van der Waals surface area contributed by atoms with Crippen LogP contribution in [-0.2, 0) is 6.42 Å². The van der Waals surface area contributed by atoms with E-state index in [1.807, 2.05) is 18.5 Å². The average molecular weight is 266 g/mol. The SMILES string of the molecule is Cc1cccc(C2CC(NCCc3cccnc3)C2)c1. The Morgan fingerprint density at radius 3 is 2.85 bits per heavy atom. The molecule has 2 heteroatoms. The van der Waals surface area contributed by atoms with Crippen molar-refractivity contribution >= 4 is 0 Å². The Hall–Kier alpha value is -1.67. The van der Waals surface area contributed by atoms with Crippen LogP contribution < -0.4 is 5.32 Å². The van der Waals surface area contributed by atoms with E-state index in [1.54, 1.807) is 0 Å². The average Bonchev–Trinajstić information content (AvgIpc) is 2.42. The first-order valence-corrected chi connectivity index (χ1v) is 7.50. The van der Waals surface area contributed by atoms with Crippen molar-refractivity contribution in [2.45, 2.75) is 38.1 Å². The third-order valence-electron chi connectivity index (χ3n) is 4.22. The Morgan fingerprint density at radius 1 is 1.20 bits per heavy atom. The number of aromatic nitrogens is 1. The lowest BCUT2D eigenvalue weighted by molar-refractivity contribution is 0.292. The molecule has 1 N–H and O–H groups in total. The van der Waals surface area contributed by atoms with Crippen molar-refractivity contribution in [3.05, 3.63) is 65.5 Å². The van der Waals surface area contributed by atoms with Gasteiger partial charge in [-0.2, -0.15) is 0 Å². The van der Waals surface area contributed by atoms with E-state index in [4.69, 9.17) is 0 Å². The number of benzene rings is 1. The fraction of sp³-hybridized carbons (Fsp3) is 0.389. The van der Waals surface area contributed by atoms with E-state index >= 15 is 0 Å². The van der Waals surface area contributed by atoms with Crippen LogP contribution in [0.5, 0.6) is 0 Å². The molecule has 2 nitrogen and oxygen atoms in total. The minimum Gasteiger partial charge on any atom is -0.314 e. The van der Waals surface area contributed by atoms with Gasteiger partial charge in [0.1, 0.15) is 0 Å². The maximum absolute atomic E-state index is 4.15. The molecule has 0 spiro atoms. The van der Waals surface area contributed by atoms with Gasteiger partial charge >= 0.3 is 0 Å². The standard InChI is InChI=1S/C18H22N2/c1-14-4-2-6-16(10-14)17-11-18(12-17)20-9-7-15-5-3-8-19-13-15/h2-6,8,10,13,17-18,20H,7,9,11-12H2,1H3. The van der Waals surface area contributed by atoms with Gasteiger partial charge in [-0.05, 0) is 55.8 Å². The highest BCUT2D eigenvalue weighted by Crippen LogP contribution is 2.36. The molecule has 2 aromatic rings. The zero-order valence-corrected chi connectivity index (χ0v) is 12.0. The predicted molar refractivity (Wildman–Crippen MR) is 82.9 cm³/mol. The molecule has 1 aliphatic rings. The molecule has 1 aromatic carbocycles. The van der Waals surface area contributed by atoms with Crippen LogP contribution in [0, 0.1) is 6.92 Å². The number of hydrogen-bond donors (Lipinski definition) is 1. The topological polar surface area (TPSA) is 24.9 Å². The Balaban J connectivity index is 1.40. The van der Waals surface area contributed by atoms with Crippen molar-refractivity contribution < 1.29 is 0 Å². The molecular formula is C18H22N2. The third-order valence-corrected chi connectivity index (χ3v) is 4.22. The summed E-state index contributed by atoms with van der Waals surface area (Å²) in [7, 11) is 0. The highest BCUT2D eigenvalue weighted by molar-refractivity contribution is 5.27. The van der Waals surface area contributed by atoms with Crippen LogP contribution >= 0.6 is 0 Å². The molecule has 3 rings (SSSR count). The lowest BCUT2D eigenvalue weighted by Crippen LogP contribution is -2.40. The minimum atomic E-state index is 0.692. The molecule has 0 radical (unpaired) electrons. The van der Waals surface area contributed by atoms with Gasteiger partial charge in [0.25, 0.3) is 0 Å². The highest BCUT2D eigenvalue weighted by atomic mass is 14.9. The fourth-order valence-electron chi connectivity index (χ4n) is 2.95. The van der Waals surface area contributed by atoms with Gasteiger partial charge in [-0.3, -0.25) is 4.98 Å². The van der Waals surface area contributed by atoms with Crippen molar-refractivity contribution in [3.8, 4) is 0 Å². The first-order chi connectivity index (χ1) is 9.81. The van der Waals surface area contributed by atoms with Crippen LogP contribution in [0.4, 0.5) is 0 Å². The predicted octanol–water partition coefficient (Wildman–Crippen LogP) is 3.47. The molecule has 0 atom stereocenters. The third kappa shape index (κ3) is 3.26. The Morgan fingerprint density at radius 2 is 2.10 bits per heavy atom. The van der Waals surface area contributed by atoms with Crippen molar-refractivity contribution in [1.29, 1.82) is 0 Å². The number of nitrogens with zero attached hydrogens (tertiary/aromatic N) is 1.